The smallest absolute Gasteiger partial charge is 0.248 e. The summed E-state index contributed by atoms with van der Waals surface area (Å²) in [6.45, 7) is 2.16. The summed E-state index contributed by atoms with van der Waals surface area (Å²) in [5.74, 6) is -1.15. The van der Waals surface area contributed by atoms with E-state index < -0.39 is 33.9 Å². The zero-order valence-electron chi connectivity index (χ0n) is 21.7. The summed E-state index contributed by atoms with van der Waals surface area (Å²) in [6.07, 6.45) is 11.3. The van der Waals surface area contributed by atoms with E-state index in [4.69, 9.17) is 0 Å². The number of carbonyl (C=O) groups excluding carboxylic acids is 3. The predicted molar refractivity (Wildman–Crippen MR) is 142 cm³/mol. The van der Waals surface area contributed by atoms with E-state index in [2.05, 4.69) is 20.3 Å². The first-order valence-corrected chi connectivity index (χ1v) is 15.8. The van der Waals surface area contributed by atoms with Gasteiger partial charge in [0.2, 0.25) is 28.2 Å². The quantitative estimate of drug-likeness (QED) is 0.0989. The molecule has 1 aromatic rings. The number of anilines is 1. The molecule has 37 heavy (non-hydrogen) atoms. The van der Waals surface area contributed by atoms with Crippen LogP contribution in [0.1, 0.15) is 77.6 Å². The summed E-state index contributed by atoms with van der Waals surface area (Å²) in [6, 6.07) is -1.57. The Morgan fingerprint density at radius 3 is 2.54 bits per heavy atom. The molecule has 1 fully saturated rings. The van der Waals surface area contributed by atoms with Crippen molar-refractivity contribution in [1.29, 1.82) is 0 Å². The van der Waals surface area contributed by atoms with Crippen LogP contribution in [0.25, 0.3) is 0 Å². The molecule has 1 heterocycles. The number of nitrogens with one attached hydrogen (secondary N) is 3. The third-order valence-corrected chi connectivity index (χ3v) is 8.14. The number of hydrogen-bond acceptors (Lipinski definition) is 8. The lowest BCUT2D eigenvalue weighted by molar-refractivity contribution is -0.169. The zero-order chi connectivity index (χ0) is 27.3. The number of carbonyl (C=O) groups is 3. The standard InChI is InChI=1S/C24H41N5O6S2/c1-3-9-21(29(33)17-30)19(16-18-10-5-4-6-11-18)22(31)27-20(12-7-8-13-26-37(2,34)35)23(32)28-24-25-14-15-36-24/h14-15,17-21,26,33H,3-13,16H2,1-2H3,(H,27,31)(H,25,28,32)/t19-,20+,21+/m1/s1. The van der Waals surface area contributed by atoms with Gasteiger partial charge in [-0.25, -0.2) is 23.2 Å². The summed E-state index contributed by atoms with van der Waals surface area (Å²) >= 11 is 1.26. The summed E-state index contributed by atoms with van der Waals surface area (Å²) in [5.41, 5.74) is 0. The molecule has 1 aliphatic rings. The second-order valence-electron chi connectivity index (χ2n) is 9.74. The molecule has 0 aliphatic heterocycles. The SMILES string of the molecule is CCC[C@@H]([C@@H](CC1CCCCC1)C(=O)N[C@@H](CCCCNS(C)(=O)=O)C(=O)Nc1nccs1)N(O)C=O. The second kappa shape index (κ2) is 16.0. The van der Waals surface area contributed by atoms with Crippen molar-refractivity contribution in [2.24, 2.45) is 11.8 Å². The van der Waals surface area contributed by atoms with Gasteiger partial charge in [-0.05, 0) is 38.0 Å². The van der Waals surface area contributed by atoms with Crippen molar-refractivity contribution >= 4 is 44.7 Å². The molecule has 13 heteroatoms. The number of hydrogen-bond donors (Lipinski definition) is 4. The largest absolute Gasteiger partial charge is 0.344 e. The van der Waals surface area contributed by atoms with Crippen molar-refractivity contribution < 1.29 is 28.0 Å². The number of unbranched alkanes of at least 4 members (excludes halogenated alkanes) is 1. The fourth-order valence-corrected chi connectivity index (χ4v) is 5.92. The first-order chi connectivity index (χ1) is 17.6. The third kappa shape index (κ3) is 11.5. The fourth-order valence-electron chi connectivity index (χ4n) is 4.87. The van der Waals surface area contributed by atoms with E-state index in [1.54, 1.807) is 11.6 Å². The molecular formula is C24H41N5O6S2. The van der Waals surface area contributed by atoms with Crippen LogP contribution >= 0.6 is 11.3 Å². The molecule has 1 saturated carbocycles. The van der Waals surface area contributed by atoms with Gasteiger partial charge in [0.15, 0.2) is 5.13 Å². The van der Waals surface area contributed by atoms with Gasteiger partial charge >= 0.3 is 0 Å². The molecule has 0 aromatic carbocycles. The van der Waals surface area contributed by atoms with Gasteiger partial charge in [0.05, 0.1) is 18.2 Å². The minimum atomic E-state index is -3.31. The molecule has 0 unspecified atom stereocenters. The Kier molecular flexibility index (Phi) is 13.5. The Bertz CT molecular complexity index is 937. The molecule has 3 atom stereocenters. The Labute approximate surface area is 223 Å². The fraction of sp³-hybridized carbons (Fsp3) is 0.750. The molecule has 4 N–H and O–H groups in total. The molecule has 0 saturated heterocycles. The topological polar surface area (TPSA) is 158 Å². The average molecular weight is 560 g/mol. The van der Waals surface area contributed by atoms with E-state index >= 15 is 0 Å². The highest BCUT2D eigenvalue weighted by Crippen LogP contribution is 2.32. The Balaban J connectivity index is 2.17. The molecule has 0 radical (unpaired) electrons. The number of amides is 3. The monoisotopic (exact) mass is 559 g/mol. The van der Waals surface area contributed by atoms with Gasteiger partial charge in [-0.1, -0.05) is 45.4 Å². The van der Waals surface area contributed by atoms with Crippen LogP contribution in [0.2, 0.25) is 0 Å². The van der Waals surface area contributed by atoms with E-state index in [1.165, 1.54) is 17.8 Å². The van der Waals surface area contributed by atoms with Crippen LogP contribution in [0.5, 0.6) is 0 Å². The number of aromatic nitrogens is 1. The third-order valence-electron chi connectivity index (χ3n) is 6.72. The normalized spacial score (nSPS) is 16.9. The molecule has 2 rings (SSSR count). The number of nitrogens with zero attached hydrogens (tertiary/aromatic N) is 2. The van der Waals surface area contributed by atoms with Gasteiger partial charge in [-0.2, -0.15) is 0 Å². The van der Waals surface area contributed by atoms with Crippen molar-refractivity contribution in [3.63, 3.8) is 0 Å². The lowest BCUT2D eigenvalue weighted by Gasteiger charge is -2.34. The van der Waals surface area contributed by atoms with Gasteiger partial charge in [-0.15, -0.1) is 11.3 Å². The van der Waals surface area contributed by atoms with Crippen molar-refractivity contribution in [3.8, 4) is 0 Å². The second-order valence-corrected chi connectivity index (χ2v) is 12.5. The maximum atomic E-state index is 13.6. The molecule has 1 aromatic heterocycles. The van der Waals surface area contributed by atoms with Crippen molar-refractivity contribution in [2.75, 3.05) is 18.1 Å². The van der Waals surface area contributed by atoms with Crippen LogP contribution in [0.3, 0.4) is 0 Å². The van der Waals surface area contributed by atoms with E-state index in [-0.39, 0.29) is 12.5 Å². The first-order valence-electron chi connectivity index (χ1n) is 13.0. The van der Waals surface area contributed by atoms with Gasteiger partial charge in [0, 0.05) is 18.1 Å². The highest BCUT2D eigenvalue weighted by Gasteiger charge is 2.36. The lowest BCUT2D eigenvalue weighted by atomic mass is 9.79. The number of thiazole rings is 1. The van der Waals surface area contributed by atoms with Gasteiger partial charge in [-0.3, -0.25) is 19.6 Å². The Morgan fingerprint density at radius 2 is 1.95 bits per heavy atom. The first kappa shape index (κ1) is 31.1. The average Bonchev–Trinajstić information content (AvgIpc) is 3.37. The van der Waals surface area contributed by atoms with Gasteiger partial charge < -0.3 is 10.6 Å². The van der Waals surface area contributed by atoms with Gasteiger partial charge in [0.25, 0.3) is 0 Å². The van der Waals surface area contributed by atoms with E-state index in [0.717, 1.165) is 31.9 Å². The van der Waals surface area contributed by atoms with Crippen molar-refractivity contribution in [3.05, 3.63) is 11.6 Å². The molecule has 0 spiro atoms. The van der Waals surface area contributed by atoms with Crippen molar-refractivity contribution in [1.82, 2.24) is 20.1 Å². The Hall–Kier alpha value is -2.09. The van der Waals surface area contributed by atoms with Crippen LogP contribution in [0, 0.1) is 11.8 Å². The maximum absolute atomic E-state index is 13.6. The Morgan fingerprint density at radius 1 is 1.22 bits per heavy atom. The van der Waals surface area contributed by atoms with E-state index in [1.807, 2.05) is 6.92 Å². The summed E-state index contributed by atoms with van der Waals surface area (Å²) in [5, 5.41) is 18.7. The van der Waals surface area contributed by atoms with E-state index in [0.29, 0.717) is 61.0 Å². The minimum absolute atomic E-state index is 0.231. The highest BCUT2D eigenvalue weighted by molar-refractivity contribution is 7.88. The van der Waals surface area contributed by atoms with Crippen LogP contribution in [0.4, 0.5) is 5.13 Å². The van der Waals surface area contributed by atoms with Crippen LogP contribution in [0.15, 0.2) is 11.6 Å². The zero-order valence-corrected chi connectivity index (χ0v) is 23.4. The molecule has 0 bridgehead atoms. The lowest BCUT2D eigenvalue weighted by Crippen LogP contribution is -2.51. The summed E-state index contributed by atoms with van der Waals surface area (Å²) < 4.78 is 25.0. The summed E-state index contributed by atoms with van der Waals surface area (Å²) in [7, 11) is -3.31. The van der Waals surface area contributed by atoms with Crippen LogP contribution in [-0.2, 0) is 24.4 Å². The van der Waals surface area contributed by atoms with Crippen LogP contribution < -0.4 is 15.4 Å². The molecular weight excluding hydrogens is 518 g/mol. The number of sulfonamides is 1. The number of hydroxylamine groups is 2. The minimum Gasteiger partial charge on any atom is -0.344 e. The van der Waals surface area contributed by atoms with Crippen molar-refractivity contribution in [2.45, 2.75) is 89.6 Å². The molecule has 3 amide bonds. The van der Waals surface area contributed by atoms with Gasteiger partial charge in [0.1, 0.15) is 6.04 Å². The van der Waals surface area contributed by atoms with Crippen LogP contribution in [-0.4, -0.2) is 66.8 Å². The predicted octanol–water partition coefficient (Wildman–Crippen LogP) is 2.89. The number of rotatable bonds is 17. The van der Waals surface area contributed by atoms with E-state index in [9.17, 15) is 28.0 Å². The molecule has 210 valence electrons. The molecule has 11 nitrogen and oxygen atoms in total. The highest BCUT2D eigenvalue weighted by atomic mass is 32.2. The molecule has 1 aliphatic carbocycles. The summed E-state index contributed by atoms with van der Waals surface area (Å²) in [4.78, 5) is 42.2. The maximum Gasteiger partial charge on any atom is 0.248 e.